The molecule has 0 aliphatic heterocycles. The van der Waals surface area contributed by atoms with Crippen LogP contribution in [0.1, 0.15) is 31.1 Å². The van der Waals surface area contributed by atoms with Crippen molar-refractivity contribution in [3.63, 3.8) is 0 Å². The molecule has 1 saturated carbocycles. The van der Waals surface area contributed by atoms with Gasteiger partial charge in [0.1, 0.15) is 5.65 Å². The van der Waals surface area contributed by atoms with Crippen LogP contribution in [-0.4, -0.2) is 14.5 Å². The molecule has 84 valence electrons. The van der Waals surface area contributed by atoms with Crippen molar-refractivity contribution in [3.8, 4) is 0 Å². The van der Waals surface area contributed by atoms with E-state index in [9.17, 15) is 5.11 Å². The first kappa shape index (κ1) is 10.3. The number of aromatic nitrogens is 2. The van der Waals surface area contributed by atoms with Crippen LogP contribution in [0.15, 0.2) is 29.0 Å². The van der Waals surface area contributed by atoms with Gasteiger partial charge in [0.05, 0.1) is 18.0 Å². The molecular weight excluding hydrogens is 268 g/mol. The molecule has 1 fully saturated rings. The summed E-state index contributed by atoms with van der Waals surface area (Å²) in [6.07, 6.45) is 6.72. The fourth-order valence-electron chi connectivity index (χ4n) is 2.01. The lowest BCUT2D eigenvalue weighted by Gasteiger charge is -2.09. The summed E-state index contributed by atoms with van der Waals surface area (Å²) in [6, 6.07) is 3.90. The predicted octanol–water partition coefficient (Wildman–Crippen LogP) is 2.93. The molecule has 0 saturated heterocycles. The first-order valence-electron chi connectivity index (χ1n) is 5.54. The summed E-state index contributed by atoms with van der Waals surface area (Å²) < 4.78 is 2.95. The standard InChI is InChI=1S/C12H13BrN2O/c13-9-3-4-12-14-6-10(15(12)7-9)11(16)5-8-1-2-8/h3-4,6-8,11,16H,1-2,5H2. The van der Waals surface area contributed by atoms with E-state index in [0.29, 0.717) is 5.92 Å². The van der Waals surface area contributed by atoms with E-state index in [1.54, 1.807) is 6.20 Å². The highest BCUT2D eigenvalue weighted by Crippen LogP contribution is 2.37. The molecule has 0 aromatic carbocycles. The quantitative estimate of drug-likeness (QED) is 0.939. The lowest BCUT2D eigenvalue weighted by atomic mass is 10.1. The third kappa shape index (κ3) is 1.87. The zero-order valence-electron chi connectivity index (χ0n) is 8.81. The summed E-state index contributed by atoms with van der Waals surface area (Å²) in [5.74, 6) is 0.715. The van der Waals surface area contributed by atoms with Crippen molar-refractivity contribution >= 4 is 21.6 Å². The number of pyridine rings is 1. The van der Waals surface area contributed by atoms with Crippen LogP contribution < -0.4 is 0 Å². The van der Waals surface area contributed by atoms with Crippen molar-refractivity contribution in [2.75, 3.05) is 0 Å². The van der Waals surface area contributed by atoms with Crippen molar-refractivity contribution in [3.05, 3.63) is 34.7 Å². The summed E-state index contributed by atoms with van der Waals surface area (Å²) in [5.41, 5.74) is 1.77. The summed E-state index contributed by atoms with van der Waals surface area (Å²) >= 11 is 3.43. The average molecular weight is 281 g/mol. The number of nitrogens with zero attached hydrogens (tertiary/aromatic N) is 2. The summed E-state index contributed by atoms with van der Waals surface area (Å²) in [5, 5.41) is 10.1. The van der Waals surface area contributed by atoms with Gasteiger partial charge in [0.15, 0.2) is 0 Å². The van der Waals surface area contributed by atoms with Crippen LogP contribution in [-0.2, 0) is 0 Å². The second kappa shape index (κ2) is 3.86. The zero-order valence-corrected chi connectivity index (χ0v) is 10.4. The molecular formula is C12H13BrN2O. The maximum atomic E-state index is 10.1. The van der Waals surface area contributed by atoms with Gasteiger partial charge in [0.2, 0.25) is 0 Å². The molecule has 0 amide bonds. The second-order valence-electron chi connectivity index (χ2n) is 4.45. The first-order valence-corrected chi connectivity index (χ1v) is 6.34. The Morgan fingerprint density at radius 3 is 3.06 bits per heavy atom. The molecule has 1 aliphatic rings. The van der Waals surface area contributed by atoms with E-state index in [0.717, 1.165) is 22.2 Å². The molecule has 1 atom stereocenters. The minimum Gasteiger partial charge on any atom is -0.387 e. The molecule has 0 radical (unpaired) electrons. The summed E-state index contributed by atoms with van der Waals surface area (Å²) in [7, 11) is 0. The van der Waals surface area contributed by atoms with E-state index >= 15 is 0 Å². The fraction of sp³-hybridized carbons (Fsp3) is 0.417. The van der Waals surface area contributed by atoms with Crippen molar-refractivity contribution < 1.29 is 5.11 Å². The van der Waals surface area contributed by atoms with E-state index in [1.807, 2.05) is 22.7 Å². The summed E-state index contributed by atoms with van der Waals surface area (Å²) in [6.45, 7) is 0. The van der Waals surface area contributed by atoms with Gasteiger partial charge in [0.25, 0.3) is 0 Å². The van der Waals surface area contributed by atoms with Gasteiger partial charge >= 0.3 is 0 Å². The Kier molecular flexibility index (Phi) is 2.48. The van der Waals surface area contributed by atoms with Crippen molar-refractivity contribution in [1.82, 2.24) is 9.38 Å². The zero-order chi connectivity index (χ0) is 11.1. The van der Waals surface area contributed by atoms with Gasteiger partial charge in [-0.2, -0.15) is 0 Å². The smallest absolute Gasteiger partial charge is 0.137 e. The van der Waals surface area contributed by atoms with Crippen LogP contribution in [0, 0.1) is 5.92 Å². The molecule has 2 aromatic rings. The van der Waals surface area contributed by atoms with Gasteiger partial charge in [-0.1, -0.05) is 12.8 Å². The highest BCUT2D eigenvalue weighted by atomic mass is 79.9. The third-order valence-electron chi connectivity index (χ3n) is 3.09. The molecule has 16 heavy (non-hydrogen) atoms. The van der Waals surface area contributed by atoms with E-state index < -0.39 is 6.10 Å². The Hall–Kier alpha value is -0.870. The normalized spacial score (nSPS) is 17.9. The first-order chi connectivity index (χ1) is 7.74. The maximum Gasteiger partial charge on any atom is 0.137 e. The number of hydrogen-bond donors (Lipinski definition) is 1. The van der Waals surface area contributed by atoms with Gasteiger partial charge in [-0.15, -0.1) is 0 Å². The largest absolute Gasteiger partial charge is 0.387 e. The van der Waals surface area contributed by atoms with Gasteiger partial charge in [-0.05, 0) is 40.4 Å². The topological polar surface area (TPSA) is 37.5 Å². The Morgan fingerprint density at radius 2 is 2.31 bits per heavy atom. The highest BCUT2D eigenvalue weighted by Gasteiger charge is 2.26. The summed E-state index contributed by atoms with van der Waals surface area (Å²) in [4.78, 5) is 4.29. The van der Waals surface area contributed by atoms with Crippen LogP contribution in [0.4, 0.5) is 0 Å². The monoisotopic (exact) mass is 280 g/mol. The average Bonchev–Trinajstić information content (AvgIpc) is 2.96. The van der Waals surface area contributed by atoms with Crippen LogP contribution in [0.25, 0.3) is 5.65 Å². The van der Waals surface area contributed by atoms with E-state index in [2.05, 4.69) is 20.9 Å². The molecule has 2 heterocycles. The third-order valence-corrected chi connectivity index (χ3v) is 3.56. The molecule has 2 aromatic heterocycles. The van der Waals surface area contributed by atoms with Gasteiger partial charge in [-0.3, -0.25) is 0 Å². The second-order valence-corrected chi connectivity index (χ2v) is 5.37. The maximum absolute atomic E-state index is 10.1. The van der Waals surface area contributed by atoms with Crippen LogP contribution in [0.2, 0.25) is 0 Å². The van der Waals surface area contributed by atoms with Crippen LogP contribution in [0.5, 0.6) is 0 Å². The number of rotatable bonds is 3. The number of aliphatic hydroxyl groups is 1. The minimum absolute atomic E-state index is 0.392. The lowest BCUT2D eigenvalue weighted by Crippen LogP contribution is -2.02. The lowest BCUT2D eigenvalue weighted by molar-refractivity contribution is 0.155. The fourth-order valence-corrected chi connectivity index (χ4v) is 2.35. The molecule has 0 spiro atoms. The molecule has 3 nitrogen and oxygen atoms in total. The van der Waals surface area contributed by atoms with Crippen LogP contribution >= 0.6 is 15.9 Å². The SMILES string of the molecule is OC(CC1CC1)c1cnc2ccc(Br)cn12. The Labute approximate surface area is 102 Å². The molecule has 1 unspecified atom stereocenters. The van der Waals surface area contributed by atoms with Gasteiger partial charge < -0.3 is 9.51 Å². The molecule has 3 rings (SSSR count). The number of aliphatic hydroxyl groups excluding tert-OH is 1. The minimum atomic E-state index is -0.392. The Morgan fingerprint density at radius 1 is 1.50 bits per heavy atom. The molecule has 1 N–H and O–H groups in total. The Balaban J connectivity index is 1.98. The van der Waals surface area contributed by atoms with Gasteiger partial charge in [-0.25, -0.2) is 4.98 Å². The number of fused-ring (bicyclic) bond motifs is 1. The molecule has 1 aliphatic carbocycles. The van der Waals surface area contributed by atoms with E-state index in [-0.39, 0.29) is 0 Å². The molecule has 4 heteroatoms. The predicted molar refractivity (Wildman–Crippen MR) is 65.2 cm³/mol. The Bertz CT molecular complexity index is 519. The number of halogens is 1. The van der Waals surface area contributed by atoms with Gasteiger partial charge in [0, 0.05) is 10.7 Å². The molecule has 0 bridgehead atoms. The number of hydrogen-bond acceptors (Lipinski definition) is 2. The van der Waals surface area contributed by atoms with Crippen molar-refractivity contribution in [2.24, 2.45) is 5.92 Å². The van der Waals surface area contributed by atoms with Crippen molar-refractivity contribution in [1.29, 1.82) is 0 Å². The van der Waals surface area contributed by atoms with E-state index in [4.69, 9.17) is 0 Å². The van der Waals surface area contributed by atoms with E-state index in [1.165, 1.54) is 12.8 Å². The van der Waals surface area contributed by atoms with Crippen molar-refractivity contribution in [2.45, 2.75) is 25.4 Å². The highest BCUT2D eigenvalue weighted by molar-refractivity contribution is 9.10. The number of imidazole rings is 1. The van der Waals surface area contributed by atoms with Crippen LogP contribution in [0.3, 0.4) is 0 Å².